The molecule has 1 rings (SSSR count). The van der Waals surface area contributed by atoms with Crippen molar-refractivity contribution in [1.29, 1.82) is 5.26 Å². The minimum Gasteiger partial charge on any atom is -0.381 e. The molecule has 0 radical (unpaired) electrons. The molecular formula is C16H23NO2. The second kappa shape index (κ2) is 8.68. The monoisotopic (exact) mass is 261 g/mol. The molecule has 0 spiro atoms. The summed E-state index contributed by atoms with van der Waals surface area (Å²) in [6.07, 6.45) is 1.38. The van der Waals surface area contributed by atoms with E-state index in [-0.39, 0.29) is 12.2 Å². The molecule has 0 aliphatic rings. The molecule has 3 heteroatoms. The SMILES string of the molecule is CO[C@H](CC[C@H](C#N)OCc1ccccc1)C(C)C. The molecule has 0 heterocycles. The summed E-state index contributed by atoms with van der Waals surface area (Å²) in [7, 11) is 1.72. The quantitative estimate of drug-likeness (QED) is 0.718. The average Bonchev–Trinajstić information content (AvgIpc) is 2.43. The molecule has 19 heavy (non-hydrogen) atoms. The maximum Gasteiger partial charge on any atom is 0.144 e. The third kappa shape index (κ3) is 5.87. The molecule has 2 atom stereocenters. The minimum absolute atomic E-state index is 0.191. The zero-order valence-electron chi connectivity index (χ0n) is 12.0. The fraction of sp³-hybridized carbons (Fsp3) is 0.562. The van der Waals surface area contributed by atoms with Crippen molar-refractivity contribution in [3.8, 4) is 6.07 Å². The van der Waals surface area contributed by atoms with E-state index in [4.69, 9.17) is 14.7 Å². The molecular weight excluding hydrogens is 238 g/mol. The summed E-state index contributed by atoms with van der Waals surface area (Å²) < 4.78 is 11.0. The van der Waals surface area contributed by atoms with Crippen molar-refractivity contribution < 1.29 is 9.47 Å². The predicted octanol–water partition coefficient (Wildman–Crippen LogP) is 3.55. The first kappa shape index (κ1) is 15.7. The maximum atomic E-state index is 9.11. The first-order valence-electron chi connectivity index (χ1n) is 6.75. The molecule has 0 aromatic heterocycles. The highest BCUT2D eigenvalue weighted by atomic mass is 16.5. The van der Waals surface area contributed by atoms with E-state index < -0.39 is 0 Å². The summed E-state index contributed by atoms with van der Waals surface area (Å²) in [5.41, 5.74) is 1.09. The number of benzene rings is 1. The van der Waals surface area contributed by atoms with Gasteiger partial charge in [0.1, 0.15) is 6.10 Å². The van der Waals surface area contributed by atoms with Crippen LogP contribution in [0.15, 0.2) is 30.3 Å². The van der Waals surface area contributed by atoms with E-state index in [9.17, 15) is 0 Å². The lowest BCUT2D eigenvalue weighted by Crippen LogP contribution is -2.21. The Balaban J connectivity index is 2.36. The van der Waals surface area contributed by atoms with Crippen LogP contribution in [0.25, 0.3) is 0 Å². The van der Waals surface area contributed by atoms with E-state index in [1.54, 1.807) is 7.11 Å². The van der Waals surface area contributed by atoms with E-state index in [1.165, 1.54) is 0 Å². The second-order valence-electron chi connectivity index (χ2n) is 5.01. The number of nitrogens with zero attached hydrogens (tertiary/aromatic N) is 1. The highest BCUT2D eigenvalue weighted by molar-refractivity contribution is 5.13. The van der Waals surface area contributed by atoms with Gasteiger partial charge in [0, 0.05) is 7.11 Å². The van der Waals surface area contributed by atoms with E-state index in [1.807, 2.05) is 30.3 Å². The standard InChI is InChI=1S/C16H23NO2/c1-13(2)16(18-3)10-9-15(11-17)19-12-14-7-5-4-6-8-14/h4-8,13,15-16H,9-10,12H2,1-3H3/t15-,16-/m1/s1. The number of nitriles is 1. The lowest BCUT2D eigenvalue weighted by atomic mass is 10.0. The predicted molar refractivity (Wildman–Crippen MR) is 75.5 cm³/mol. The normalized spacial score (nSPS) is 14.1. The van der Waals surface area contributed by atoms with Crippen LogP contribution in [0, 0.1) is 17.2 Å². The Kier molecular flexibility index (Phi) is 7.17. The summed E-state index contributed by atoms with van der Waals surface area (Å²) in [5, 5.41) is 9.11. The minimum atomic E-state index is -0.364. The number of hydrogen-bond donors (Lipinski definition) is 0. The summed E-state index contributed by atoms with van der Waals surface area (Å²) >= 11 is 0. The Morgan fingerprint density at radius 2 is 1.84 bits per heavy atom. The molecule has 0 unspecified atom stereocenters. The lowest BCUT2D eigenvalue weighted by Gasteiger charge is -2.20. The van der Waals surface area contributed by atoms with Crippen LogP contribution < -0.4 is 0 Å². The van der Waals surface area contributed by atoms with Gasteiger partial charge in [-0.25, -0.2) is 0 Å². The van der Waals surface area contributed by atoms with Gasteiger partial charge in [0.05, 0.1) is 18.8 Å². The van der Waals surface area contributed by atoms with Gasteiger partial charge in [-0.1, -0.05) is 44.2 Å². The van der Waals surface area contributed by atoms with Gasteiger partial charge in [-0.2, -0.15) is 5.26 Å². The zero-order valence-corrected chi connectivity index (χ0v) is 12.0. The van der Waals surface area contributed by atoms with Gasteiger partial charge in [-0.15, -0.1) is 0 Å². The molecule has 0 aliphatic heterocycles. The third-order valence-corrected chi connectivity index (χ3v) is 3.20. The van der Waals surface area contributed by atoms with Crippen molar-refractivity contribution in [1.82, 2.24) is 0 Å². The van der Waals surface area contributed by atoms with E-state index in [0.717, 1.165) is 12.0 Å². The van der Waals surface area contributed by atoms with E-state index in [0.29, 0.717) is 18.9 Å². The topological polar surface area (TPSA) is 42.2 Å². The van der Waals surface area contributed by atoms with Crippen molar-refractivity contribution in [2.75, 3.05) is 7.11 Å². The summed E-state index contributed by atoms with van der Waals surface area (Å²) in [6, 6.07) is 12.1. The zero-order chi connectivity index (χ0) is 14.1. The Bertz CT molecular complexity index is 383. The fourth-order valence-corrected chi connectivity index (χ4v) is 2.00. The van der Waals surface area contributed by atoms with E-state index >= 15 is 0 Å². The third-order valence-electron chi connectivity index (χ3n) is 3.20. The molecule has 1 aromatic rings. The van der Waals surface area contributed by atoms with Crippen LogP contribution in [0.4, 0.5) is 0 Å². The van der Waals surface area contributed by atoms with Crippen LogP contribution in [0.5, 0.6) is 0 Å². The highest BCUT2D eigenvalue weighted by Gasteiger charge is 2.16. The van der Waals surface area contributed by atoms with Crippen LogP contribution in [0.1, 0.15) is 32.3 Å². The largest absolute Gasteiger partial charge is 0.381 e. The molecule has 1 aromatic carbocycles. The summed E-state index contributed by atoms with van der Waals surface area (Å²) in [4.78, 5) is 0. The highest BCUT2D eigenvalue weighted by Crippen LogP contribution is 2.15. The van der Waals surface area contributed by atoms with Gasteiger partial charge in [0.15, 0.2) is 0 Å². The molecule has 0 N–H and O–H groups in total. The molecule has 0 saturated heterocycles. The number of rotatable bonds is 8. The summed E-state index contributed by atoms with van der Waals surface area (Å²) in [6.45, 7) is 4.74. The van der Waals surface area contributed by atoms with Gasteiger partial charge in [0.2, 0.25) is 0 Å². The van der Waals surface area contributed by atoms with Gasteiger partial charge < -0.3 is 9.47 Å². The van der Waals surface area contributed by atoms with Crippen LogP contribution in [-0.2, 0) is 16.1 Å². The van der Waals surface area contributed by atoms with Gasteiger partial charge >= 0.3 is 0 Å². The Hall–Kier alpha value is -1.37. The fourth-order valence-electron chi connectivity index (χ4n) is 2.00. The van der Waals surface area contributed by atoms with Crippen LogP contribution in [0.2, 0.25) is 0 Å². The van der Waals surface area contributed by atoms with Gasteiger partial charge in [0.25, 0.3) is 0 Å². The number of methoxy groups -OCH3 is 1. The van der Waals surface area contributed by atoms with Gasteiger partial charge in [-0.05, 0) is 24.3 Å². The Morgan fingerprint density at radius 1 is 1.16 bits per heavy atom. The molecule has 0 aliphatic carbocycles. The van der Waals surface area contributed by atoms with Crippen molar-refractivity contribution in [2.24, 2.45) is 5.92 Å². The Labute approximate surface area is 116 Å². The average molecular weight is 261 g/mol. The molecule has 0 fully saturated rings. The smallest absolute Gasteiger partial charge is 0.144 e. The molecule has 104 valence electrons. The molecule has 0 saturated carbocycles. The van der Waals surface area contributed by atoms with Crippen LogP contribution >= 0.6 is 0 Å². The molecule has 0 amide bonds. The summed E-state index contributed by atoms with van der Waals surface area (Å²) in [5.74, 6) is 0.457. The molecule has 3 nitrogen and oxygen atoms in total. The Morgan fingerprint density at radius 3 is 2.37 bits per heavy atom. The second-order valence-corrected chi connectivity index (χ2v) is 5.01. The van der Waals surface area contributed by atoms with Crippen LogP contribution in [-0.4, -0.2) is 19.3 Å². The first-order valence-corrected chi connectivity index (χ1v) is 6.75. The van der Waals surface area contributed by atoms with Crippen molar-refractivity contribution in [2.45, 2.75) is 45.5 Å². The number of hydrogen-bond acceptors (Lipinski definition) is 3. The van der Waals surface area contributed by atoms with Crippen LogP contribution in [0.3, 0.4) is 0 Å². The lowest BCUT2D eigenvalue weighted by molar-refractivity contribution is 0.0275. The maximum absolute atomic E-state index is 9.11. The van der Waals surface area contributed by atoms with Gasteiger partial charge in [-0.3, -0.25) is 0 Å². The first-order chi connectivity index (χ1) is 9.17. The molecule has 0 bridgehead atoms. The van der Waals surface area contributed by atoms with Crippen molar-refractivity contribution in [3.63, 3.8) is 0 Å². The van der Waals surface area contributed by atoms with Crippen molar-refractivity contribution >= 4 is 0 Å². The van der Waals surface area contributed by atoms with E-state index in [2.05, 4.69) is 19.9 Å². The number of ether oxygens (including phenoxy) is 2. The van der Waals surface area contributed by atoms with Crippen molar-refractivity contribution in [3.05, 3.63) is 35.9 Å².